The van der Waals surface area contributed by atoms with E-state index in [0.29, 0.717) is 5.56 Å². The predicted octanol–water partition coefficient (Wildman–Crippen LogP) is 3.37. The monoisotopic (exact) mass is 325 g/mol. The zero-order valence-electron chi connectivity index (χ0n) is 12.2. The smallest absolute Gasteiger partial charge is 0.387 e. The first kappa shape index (κ1) is 16.7. The lowest BCUT2D eigenvalue weighted by Crippen LogP contribution is -2.24. The molecule has 122 valence electrons. The van der Waals surface area contributed by atoms with Gasteiger partial charge in [-0.2, -0.15) is 8.78 Å². The number of rotatable bonds is 6. The van der Waals surface area contributed by atoms with Crippen molar-refractivity contribution in [3.05, 3.63) is 59.4 Å². The number of carbonyl (C=O) groups is 1. The standard InChI is InChI=1S/C16H14F3NO3/c1-22-13-7-3-6-12(14(13)23-16(18)19)15(21)20-9-10-4-2-5-11(17)8-10/h2-8,16H,9H2,1H3,(H,20,21). The van der Waals surface area contributed by atoms with Crippen molar-refractivity contribution in [3.63, 3.8) is 0 Å². The minimum atomic E-state index is -3.10. The lowest BCUT2D eigenvalue weighted by atomic mass is 10.1. The molecule has 0 aliphatic heterocycles. The first-order valence-corrected chi connectivity index (χ1v) is 6.65. The van der Waals surface area contributed by atoms with Gasteiger partial charge in [-0.3, -0.25) is 4.79 Å². The number of alkyl halides is 2. The highest BCUT2D eigenvalue weighted by Crippen LogP contribution is 2.32. The van der Waals surface area contributed by atoms with Gasteiger partial charge in [-0.25, -0.2) is 4.39 Å². The van der Waals surface area contributed by atoms with Gasteiger partial charge in [-0.05, 0) is 29.8 Å². The number of benzene rings is 2. The Bertz CT molecular complexity index is 692. The van der Waals surface area contributed by atoms with Crippen LogP contribution in [0.1, 0.15) is 15.9 Å². The minimum absolute atomic E-state index is 0.0173. The van der Waals surface area contributed by atoms with Crippen LogP contribution < -0.4 is 14.8 Å². The van der Waals surface area contributed by atoms with Gasteiger partial charge in [-0.15, -0.1) is 0 Å². The van der Waals surface area contributed by atoms with E-state index in [-0.39, 0.29) is 23.6 Å². The highest BCUT2D eigenvalue weighted by molar-refractivity contribution is 5.97. The molecule has 0 unspecified atom stereocenters. The second kappa shape index (κ2) is 7.53. The van der Waals surface area contributed by atoms with Crippen LogP contribution in [-0.2, 0) is 6.54 Å². The van der Waals surface area contributed by atoms with Gasteiger partial charge in [0.2, 0.25) is 0 Å². The lowest BCUT2D eigenvalue weighted by Gasteiger charge is -2.14. The van der Waals surface area contributed by atoms with Crippen molar-refractivity contribution in [2.75, 3.05) is 7.11 Å². The number of halogens is 3. The summed E-state index contributed by atoms with van der Waals surface area (Å²) in [6.45, 7) is -3.05. The van der Waals surface area contributed by atoms with E-state index in [1.54, 1.807) is 6.07 Å². The molecular formula is C16H14F3NO3. The van der Waals surface area contributed by atoms with Crippen LogP contribution in [0.15, 0.2) is 42.5 Å². The fourth-order valence-corrected chi connectivity index (χ4v) is 1.99. The summed E-state index contributed by atoms with van der Waals surface area (Å²) in [6, 6.07) is 9.90. The quantitative estimate of drug-likeness (QED) is 0.886. The maximum absolute atomic E-state index is 13.1. The van der Waals surface area contributed by atoms with Crippen LogP contribution in [0.25, 0.3) is 0 Å². The third kappa shape index (κ3) is 4.38. The molecule has 1 N–H and O–H groups in total. The molecule has 0 aliphatic rings. The van der Waals surface area contributed by atoms with Gasteiger partial charge in [0, 0.05) is 6.54 Å². The molecule has 0 spiro atoms. The average molecular weight is 325 g/mol. The van der Waals surface area contributed by atoms with E-state index in [1.807, 2.05) is 0 Å². The minimum Gasteiger partial charge on any atom is -0.493 e. The van der Waals surface area contributed by atoms with E-state index in [4.69, 9.17) is 4.74 Å². The highest BCUT2D eigenvalue weighted by atomic mass is 19.3. The van der Waals surface area contributed by atoms with Gasteiger partial charge < -0.3 is 14.8 Å². The van der Waals surface area contributed by atoms with E-state index >= 15 is 0 Å². The first-order chi connectivity index (χ1) is 11.0. The summed E-state index contributed by atoms with van der Waals surface area (Å²) in [5.41, 5.74) is 0.443. The summed E-state index contributed by atoms with van der Waals surface area (Å²) in [6.07, 6.45) is 0. The molecule has 0 heterocycles. The second-order valence-electron chi connectivity index (χ2n) is 4.53. The maximum atomic E-state index is 13.1. The largest absolute Gasteiger partial charge is 0.493 e. The maximum Gasteiger partial charge on any atom is 0.387 e. The SMILES string of the molecule is COc1cccc(C(=O)NCc2cccc(F)c2)c1OC(F)F. The Kier molecular flexibility index (Phi) is 5.46. The van der Waals surface area contributed by atoms with Crippen molar-refractivity contribution in [2.24, 2.45) is 0 Å². The van der Waals surface area contributed by atoms with Gasteiger partial charge >= 0.3 is 6.61 Å². The number of nitrogens with one attached hydrogen (secondary N) is 1. The van der Waals surface area contributed by atoms with Crippen molar-refractivity contribution in [3.8, 4) is 11.5 Å². The highest BCUT2D eigenvalue weighted by Gasteiger charge is 2.20. The van der Waals surface area contributed by atoms with Crippen molar-refractivity contribution in [1.82, 2.24) is 5.32 Å². The van der Waals surface area contributed by atoms with Crippen molar-refractivity contribution in [1.29, 1.82) is 0 Å². The zero-order chi connectivity index (χ0) is 16.8. The fraction of sp³-hybridized carbons (Fsp3) is 0.188. The topological polar surface area (TPSA) is 47.6 Å². The molecule has 0 saturated heterocycles. The molecule has 0 fully saturated rings. The van der Waals surface area contributed by atoms with E-state index in [0.717, 1.165) is 0 Å². The average Bonchev–Trinajstić information content (AvgIpc) is 2.52. The molecule has 7 heteroatoms. The Morgan fingerprint density at radius 3 is 2.61 bits per heavy atom. The molecule has 2 rings (SSSR count). The van der Waals surface area contributed by atoms with Gasteiger partial charge in [0.05, 0.1) is 12.7 Å². The number of methoxy groups -OCH3 is 1. The third-order valence-corrected chi connectivity index (χ3v) is 2.99. The van der Waals surface area contributed by atoms with Crippen LogP contribution in [0, 0.1) is 5.82 Å². The molecule has 0 bridgehead atoms. The molecule has 0 aromatic heterocycles. The summed E-state index contributed by atoms with van der Waals surface area (Å²) in [5.74, 6) is -1.39. The Hall–Kier alpha value is -2.70. The van der Waals surface area contributed by atoms with Gasteiger partial charge in [0.15, 0.2) is 11.5 Å². The van der Waals surface area contributed by atoms with Gasteiger partial charge in [0.25, 0.3) is 5.91 Å². The third-order valence-electron chi connectivity index (χ3n) is 2.99. The predicted molar refractivity (Wildman–Crippen MR) is 77.2 cm³/mol. The Labute approximate surface area is 130 Å². The van der Waals surface area contributed by atoms with Crippen molar-refractivity contribution in [2.45, 2.75) is 13.2 Å². The number of para-hydroxylation sites is 1. The van der Waals surface area contributed by atoms with E-state index in [2.05, 4.69) is 10.1 Å². The summed E-state index contributed by atoms with van der Waals surface area (Å²) < 4.78 is 47.4. The fourth-order valence-electron chi connectivity index (χ4n) is 1.99. The lowest BCUT2D eigenvalue weighted by molar-refractivity contribution is -0.0515. The number of carbonyl (C=O) groups excluding carboxylic acids is 1. The van der Waals surface area contributed by atoms with Crippen LogP contribution in [0.5, 0.6) is 11.5 Å². The van der Waals surface area contributed by atoms with E-state index in [1.165, 1.54) is 43.5 Å². The number of hydrogen-bond donors (Lipinski definition) is 1. The molecule has 2 aromatic carbocycles. The van der Waals surface area contributed by atoms with E-state index < -0.39 is 18.3 Å². The number of hydrogen-bond acceptors (Lipinski definition) is 3. The summed E-state index contributed by atoms with van der Waals surface area (Å²) in [5, 5.41) is 2.52. The Balaban J connectivity index is 2.18. The van der Waals surface area contributed by atoms with E-state index in [9.17, 15) is 18.0 Å². The summed E-state index contributed by atoms with van der Waals surface area (Å²) in [7, 11) is 1.28. The Morgan fingerprint density at radius 1 is 1.22 bits per heavy atom. The van der Waals surface area contributed by atoms with Crippen LogP contribution in [0.4, 0.5) is 13.2 Å². The van der Waals surface area contributed by atoms with Crippen molar-refractivity contribution >= 4 is 5.91 Å². The molecule has 0 radical (unpaired) electrons. The molecule has 2 aromatic rings. The van der Waals surface area contributed by atoms with Gasteiger partial charge in [0.1, 0.15) is 5.82 Å². The second-order valence-corrected chi connectivity index (χ2v) is 4.53. The zero-order valence-corrected chi connectivity index (χ0v) is 12.2. The van der Waals surface area contributed by atoms with Crippen LogP contribution >= 0.6 is 0 Å². The van der Waals surface area contributed by atoms with Crippen LogP contribution in [0.2, 0.25) is 0 Å². The van der Waals surface area contributed by atoms with Crippen molar-refractivity contribution < 1.29 is 27.4 Å². The number of ether oxygens (including phenoxy) is 2. The molecule has 4 nitrogen and oxygen atoms in total. The van der Waals surface area contributed by atoms with Crippen LogP contribution in [-0.4, -0.2) is 19.6 Å². The number of amides is 1. The molecule has 23 heavy (non-hydrogen) atoms. The summed E-state index contributed by atoms with van der Waals surface area (Å²) >= 11 is 0. The molecular weight excluding hydrogens is 311 g/mol. The summed E-state index contributed by atoms with van der Waals surface area (Å²) in [4.78, 5) is 12.2. The first-order valence-electron chi connectivity index (χ1n) is 6.65. The molecule has 0 aliphatic carbocycles. The Morgan fingerprint density at radius 2 is 1.96 bits per heavy atom. The van der Waals surface area contributed by atoms with Gasteiger partial charge in [-0.1, -0.05) is 18.2 Å². The van der Waals surface area contributed by atoms with Crippen LogP contribution in [0.3, 0.4) is 0 Å². The molecule has 0 atom stereocenters. The normalized spacial score (nSPS) is 10.5. The molecule has 1 amide bonds. The molecule has 0 saturated carbocycles.